The Morgan fingerprint density at radius 3 is 2.67 bits per heavy atom. The summed E-state index contributed by atoms with van der Waals surface area (Å²) in [6.45, 7) is 1.56. The lowest BCUT2D eigenvalue weighted by Crippen LogP contribution is -2.04. The van der Waals surface area contributed by atoms with Crippen LogP contribution in [0.5, 0.6) is 0 Å². The van der Waals surface area contributed by atoms with Crippen molar-refractivity contribution in [2.24, 2.45) is 0 Å². The molecule has 2 rings (SSSR count). The van der Waals surface area contributed by atoms with E-state index in [-0.39, 0.29) is 16.8 Å². The van der Waals surface area contributed by atoms with E-state index in [0.717, 1.165) is 0 Å². The molecule has 0 fully saturated rings. The summed E-state index contributed by atoms with van der Waals surface area (Å²) < 4.78 is 13.8. The number of aryl methyl sites for hydroxylation is 1. The van der Waals surface area contributed by atoms with Crippen LogP contribution in [0.3, 0.4) is 0 Å². The number of ketones is 1. The number of nitrogens with one attached hydrogen (secondary N) is 1. The highest BCUT2D eigenvalue weighted by Crippen LogP contribution is 2.17. The number of hydrogen-bond acceptors (Lipinski definition) is 2. The zero-order chi connectivity index (χ0) is 13.3. The number of halogens is 1. The first kappa shape index (κ1) is 12.0. The molecule has 0 radical (unpaired) electrons. The Bertz CT molecular complexity index is 631. The summed E-state index contributed by atoms with van der Waals surface area (Å²) in [5.74, 6) is -2.29. The first-order valence-electron chi connectivity index (χ1n) is 5.22. The van der Waals surface area contributed by atoms with Crippen LogP contribution in [0.25, 0.3) is 0 Å². The van der Waals surface area contributed by atoms with Gasteiger partial charge in [0.2, 0.25) is 0 Å². The van der Waals surface area contributed by atoms with Crippen molar-refractivity contribution in [3.63, 3.8) is 0 Å². The van der Waals surface area contributed by atoms with Crippen molar-refractivity contribution < 1.29 is 19.1 Å². The maximum atomic E-state index is 13.8. The van der Waals surface area contributed by atoms with E-state index >= 15 is 0 Å². The smallest absolute Gasteiger partial charge is 0.352 e. The molecule has 1 aromatic carbocycles. The summed E-state index contributed by atoms with van der Waals surface area (Å²) in [4.78, 5) is 25.1. The van der Waals surface area contributed by atoms with Crippen LogP contribution in [-0.4, -0.2) is 21.8 Å². The SMILES string of the molecule is Cc1cccc(C(=O)c2c[nH]c(C(=O)O)c2)c1F. The number of carbonyl (C=O) groups is 2. The second kappa shape index (κ2) is 4.44. The number of aromatic carboxylic acids is 1. The van der Waals surface area contributed by atoms with Gasteiger partial charge >= 0.3 is 5.97 Å². The van der Waals surface area contributed by atoms with E-state index < -0.39 is 17.6 Å². The van der Waals surface area contributed by atoms with Gasteiger partial charge in [-0.1, -0.05) is 12.1 Å². The predicted octanol–water partition coefficient (Wildman–Crippen LogP) is 2.39. The molecule has 0 saturated heterocycles. The maximum Gasteiger partial charge on any atom is 0.352 e. The third-order valence-corrected chi connectivity index (χ3v) is 2.61. The second-order valence-corrected chi connectivity index (χ2v) is 3.87. The lowest BCUT2D eigenvalue weighted by Gasteiger charge is -2.02. The highest BCUT2D eigenvalue weighted by atomic mass is 19.1. The van der Waals surface area contributed by atoms with Crippen LogP contribution in [0.4, 0.5) is 4.39 Å². The molecule has 5 heteroatoms. The van der Waals surface area contributed by atoms with Crippen molar-refractivity contribution in [2.75, 3.05) is 0 Å². The minimum absolute atomic E-state index is 0.0639. The zero-order valence-electron chi connectivity index (χ0n) is 9.53. The predicted molar refractivity (Wildman–Crippen MR) is 62.3 cm³/mol. The zero-order valence-corrected chi connectivity index (χ0v) is 9.53. The Labute approximate surface area is 102 Å². The Kier molecular flexibility index (Phi) is 2.97. The minimum Gasteiger partial charge on any atom is -0.477 e. The number of H-pyrrole nitrogens is 1. The molecule has 0 aliphatic carbocycles. The van der Waals surface area contributed by atoms with Gasteiger partial charge in [0.25, 0.3) is 0 Å². The number of carboxylic acid groups (broad SMARTS) is 1. The van der Waals surface area contributed by atoms with E-state index in [9.17, 15) is 14.0 Å². The fourth-order valence-electron chi connectivity index (χ4n) is 1.63. The number of aromatic amines is 1. The quantitative estimate of drug-likeness (QED) is 0.818. The van der Waals surface area contributed by atoms with Crippen molar-refractivity contribution in [1.82, 2.24) is 4.98 Å². The maximum absolute atomic E-state index is 13.8. The van der Waals surface area contributed by atoms with Gasteiger partial charge in [-0.05, 0) is 24.6 Å². The summed E-state index contributed by atoms with van der Waals surface area (Å²) in [6.07, 6.45) is 1.26. The average Bonchev–Trinajstić information content (AvgIpc) is 2.81. The highest BCUT2D eigenvalue weighted by Gasteiger charge is 2.17. The normalized spacial score (nSPS) is 10.3. The second-order valence-electron chi connectivity index (χ2n) is 3.87. The Morgan fingerprint density at radius 2 is 2.06 bits per heavy atom. The van der Waals surface area contributed by atoms with E-state index in [2.05, 4.69) is 4.98 Å². The van der Waals surface area contributed by atoms with Gasteiger partial charge in [-0.15, -0.1) is 0 Å². The van der Waals surface area contributed by atoms with Crippen LogP contribution >= 0.6 is 0 Å². The summed E-state index contributed by atoms with van der Waals surface area (Å²) in [7, 11) is 0. The van der Waals surface area contributed by atoms with Gasteiger partial charge in [0, 0.05) is 11.8 Å². The number of carbonyl (C=O) groups excluding carboxylic acids is 1. The van der Waals surface area contributed by atoms with Crippen LogP contribution in [0, 0.1) is 12.7 Å². The summed E-state index contributed by atoms with van der Waals surface area (Å²) in [6, 6.07) is 5.70. The first-order valence-corrected chi connectivity index (χ1v) is 5.22. The van der Waals surface area contributed by atoms with E-state index in [4.69, 9.17) is 5.11 Å². The van der Waals surface area contributed by atoms with E-state index in [1.165, 1.54) is 18.3 Å². The standard InChI is InChI=1S/C13H10FNO3/c1-7-3-2-4-9(11(7)14)12(16)8-5-10(13(17)18)15-6-8/h2-6,15H,1H3,(H,17,18). The van der Waals surface area contributed by atoms with E-state index in [1.807, 2.05) is 0 Å². The molecule has 1 aromatic heterocycles. The number of carboxylic acids is 1. The number of benzene rings is 1. The van der Waals surface area contributed by atoms with Gasteiger partial charge < -0.3 is 10.1 Å². The summed E-state index contributed by atoms with van der Waals surface area (Å²) >= 11 is 0. The van der Waals surface area contributed by atoms with Gasteiger partial charge in [0.05, 0.1) is 5.56 Å². The number of rotatable bonds is 3. The van der Waals surface area contributed by atoms with Crippen molar-refractivity contribution in [3.05, 3.63) is 58.7 Å². The molecule has 92 valence electrons. The molecule has 2 aromatic rings. The minimum atomic E-state index is -1.17. The lowest BCUT2D eigenvalue weighted by atomic mass is 10.0. The fourth-order valence-corrected chi connectivity index (χ4v) is 1.63. The van der Waals surface area contributed by atoms with Crippen molar-refractivity contribution in [2.45, 2.75) is 6.92 Å². The van der Waals surface area contributed by atoms with Crippen LogP contribution in [0.2, 0.25) is 0 Å². The Hall–Kier alpha value is -2.43. The largest absolute Gasteiger partial charge is 0.477 e. The molecule has 0 unspecified atom stereocenters. The molecule has 0 amide bonds. The molecule has 0 aliphatic rings. The molecule has 0 spiro atoms. The van der Waals surface area contributed by atoms with Crippen molar-refractivity contribution in [1.29, 1.82) is 0 Å². The van der Waals surface area contributed by atoms with Gasteiger partial charge in [0.15, 0.2) is 5.78 Å². The van der Waals surface area contributed by atoms with E-state index in [0.29, 0.717) is 5.56 Å². The first-order chi connectivity index (χ1) is 8.50. The third-order valence-electron chi connectivity index (χ3n) is 2.61. The molecular formula is C13H10FNO3. The molecular weight excluding hydrogens is 237 g/mol. The molecule has 0 atom stereocenters. The highest BCUT2D eigenvalue weighted by molar-refractivity contribution is 6.10. The molecule has 0 bridgehead atoms. The van der Waals surface area contributed by atoms with Crippen molar-refractivity contribution in [3.8, 4) is 0 Å². The van der Waals surface area contributed by atoms with Crippen molar-refractivity contribution >= 4 is 11.8 Å². The topological polar surface area (TPSA) is 70.2 Å². The molecule has 0 aliphatic heterocycles. The number of hydrogen-bond donors (Lipinski definition) is 2. The Morgan fingerprint density at radius 1 is 1.33 bits per heavy atom. The molecule has 0 saturated carbocycles. The van der Waals surface area contributed by atoms with Gasteiger partial charge in [-0.3, -0.25) is 4.79 Å². The lowest BCUT2D eigenvalue weighted by molar-refractivity contribution is 0.0691. The Balaban J connectivity index is 2.41. The van der Waals surface area contributed by atoms with E-state index in [1.54, 1.807) is 19.1 Å². The number of aromatic nitrogens is 1. The summed E-state index contributed by atoms with van der Waals surface area (Å²) in [5, 5.41) is 8.73. The van der Waals surface area contributed by atoms with Crippen LogP contribution in [0.15, 0.2) is 30.5 Å². The molecule has 2 N–H and O–H groups in total. The molecule has 18 heavy (non-hydrogen) atoms. The fraction of sp³-hybridized carbons (Fsp3) is 0.0769. The molecule has 1 heterocycles. The van der Waals surface area contributed by atoms with Crippen LogP contribution in [-0.2, 0) is 0 Å². The third kappa shape index (κ3) is 2.02. The van der Waals surface area contributed by atoms with Gasteiger partial charge in [-0.2, -0.15) is 0 Å². The van der Waals surface area contributed by atoms with Crippen LogP contribution < -0.4 is 0 Å². The van der Waals surface area contributed by atoms with Crippen LogP contribution in [0.1, 0.15) is 32.0 Å². The summed E-state index contributed by atoms with van der Waals surface area (Å²) in [5.41, 5.74) is 0.323. The average molecular weight is 247 g/mol. The van der Waals surface area contributed by atoms with Gasteiger partial charge in [0.1, 0.15) is 11.5 Å². The van der Waals surface area contributed by atoms with Gasteiger partial charge in [-0.25, -0.2) is 9.18 Å². The monoisotopic (exact) mass is 247 g/mol. The molecule has 4 nitrogen and oxygen atoms in total.